The molecule has 1 aromatic rings. The Bertz CT molecular complexity index is 540. The first-order valence-corrected chi connectivity index (χ1v) is 7.75. The van der Waals surface area contributed by atoms with Gasteiger partial charge in [0.05, 0.1) is 18.1 Å². The van der Waals surface area contributed by atoms with Crippen LogP contribution in [0.15, 0.2) is 24.3 Å². The fourth-order valence-electron chi connectivity index (χ4n) is 3.54. The van der Waals surface area contributed by atoms with Gasteiger partial charge in [0.25, 0.3) is 0 Å². The van der Waals surface area contributed by atoms with Crippen molar-refractivity contribution in [2.75, 3.05) is 6.61 Å². The fourth-order valence-corrected chi connectivity index (χ4v) is 3.54. The van der Waals surface area contributed by atoms with E-state index in [1.165, 1.54) is 5.56 Å². The lowest BCUT2D eigenvalue weighted by Gasteiger charge is -2.32. The second kappa shape index (κ2) is 5.11. The molecule has 0 saturated heterocycles. The highest BCUT2D eigenvalue weighted by Gasteiger charge is 2.70. The zero-order valence-corrected chi connectivity index (χ0v) is 12.7. The topological polar surface area (TPSA) is 75.3 Å². The van der Waals surface area contributed by atoms with E-state index in [0.29, 0.717) is 11.8 Å². The Balaban J connectivity index is 1.66. The average molecular weight is 288 g/mol. The number of rotatable bonds is 5. The van der Waals surface area contributed by atoms with E-state index in [4.69, 9.17) is 5.73 Å². The van der Waals surface area contributed by atoms with Crippen LogP contribution >= 0.6 is 0 Å². The summed E-state index contributed by atoms with van der Waals surface area (Å²) in [5.41, 5.74) is 7.87. The van der Waals surface area contributed by atoms with Crippen LogP contribution in [0.25, 0.3) is 0 Å². The van der Waals surface area contributed by atoms with Crippen LogP contribution in [0.1, 0.15) is 49.8 Å². The predicted molar refractivity (Wildman–Crippen MR) is 81.6 cm³/mol. The van der Waals surface area contributed by atoms with E-state index in [2.05, 4.69) is 31.3 Å². The summed E-state index contributed by atoms with van der Waals surface area (Å²) in [5.74, 6) is 0.894. The number of aliphatic hydroxyl groups is 1. The van der Waals surface area contributed by atoms with Crippen LogP contribution in [0.2, 0.25) is 0 Å². The number of aliphatic hydroxyl groups excluding tert-OH is 1. The van der Waals surface area contributed by atoms with E-state index in [-0.39, 0.29) is 30.0 Å². The molecule has 4 nitrogen and oxygen atoms in total. The molecule has 0 bridgehead atoms. The number of hydrogen-bond donors (Lipinski definition) is 3. The molecule has 4 N–H and O–H groups in total. The van der Waals surface area contributed by atoms with Crippen molar-refractivity contribution in [2.45, 2.75) is 44.7 Å². The van der Waals surface area contributed by atoms with Gasteiger partial charge >= 0.3 is 0 Å². The molecule has 4 heteroatoms. The number of hydrogen-bond acceptors (Lipinski definition) is 3. The Morgan fingerprint density at radius 2 is 1.95 bits per heavy atom. The molecule has 1 unspecified atom stereocenters. The van der Waals surface area contributed by atoms with Gasteiger partial charge in [-0.15, -0.1) is 0 Å². The predicted octanol–water partition coefficient (Wildman–Crippen LogP) is 1.70. The molecular weight excluding hydrogens is 264 g/mol. The molecule has 2 fully saturated rings. The van der Waals surface area contributed by atoms with Gasteiger partial charge in [-0.1, -0.05) is 38.1 Å². The van der Waals surface area contributed by atoms with E-state index in [1.807, 2.05) is 12.1 Å². The van der Waals surface area contributed by atoms with Crippen molar-refractivity contribution in [1.82, 2.24) is 5.32 Å². The normalized spacial score (nSPS) is 31.3. The summed E-state index contributed by atoms with van der Waals surface area (Å²) >= 11 is 0. The maximum absolute atomic E-state index is 12.4. The van der Waals surface area contributed by atoms with Crippen molar-refractivity contribution in [1.29, 1.82) is 0 Å². The Morgan fingerprint density at radius 3 is 2.38 bits per heavy atom. The van der Waals surface area contributed by atoms with E-state index < -0.39 is 0 Å². The Kier molecular flexibility index (Phi) is 3.54. The highest BCUT2D eigenvalue weighted by Crippen LogP contribution is 2.66. The standard InChI is InChI=1S/C17H24N2O2/c1-10(2)11-3-5-12(6-4-11)15(9-20)19-16(21)17-7-13(17)14(18)8-17/h3-6,10,13-15,20H,7-9,18H2,1-2H3,(H,19,21)/t13-,14-,15?,17-/m0/s1. The molecule has 1 aromatic carbocycles. The molecule has 2 aliphatic carbocycles. The molecule has 0 heterocycles. The summed E-state index contributed by atoms with van der Waals surface area (Å²) < 4.78 is 0. The molecule has 0 aromatic heterocycles. The zero-order valence-electron chi connectivity index (χ0n) is 12.7. The quantitative estimate of drug-likeness (QED) is 0.772. The molecule has 21 heavy (non-hydrogen) atoms. The summed E-state index contributed by atoms with van der Waals surface area (Å²) in [5, 5.41) is 12.6. The third-order valence-corrected chi connectivity index (χ3v) is 5.20. The van der Waals surface area contributed by atoms with Gasteiger partial charge in [-0.25, -0.2) is 0 Å². The van der Waals surface area contributed by atoms with Crippen LogP contribution < -0.4 is 11.1 Å². The second-order valence-corrected chi connectivity index (χ2v) is 6.86. The minimum atomic E-state index is -0.328. The SMILES string of the molecule is CC(C)c1ccc(C(CO)NC(=O)[C@@]23C[C@H](N)[C@@H]2C3)cc1. The number of fused-ring (bicyclic) bond motifs is 1. The van der Waals surface area contributed by atoms with Crippen LogP contribution in [0.4, 0.5) is 0 Å². The third-order valence-electron chi connectivity index (χ3n) is 5.20. The van der Waals surface area contributed by atoms with E-state index >= 15 is 0 Å². The van der Waals surface area contributed by atoms with Crippen LogP contribution in [-0.2, 0) is 4.79 Å². The molecule has 114 valence electrons. The van der Waals surface area contributed by atoms with E-state index in [0.717, 1.165) is 18.4 Å². The van der Waals surface area contributed by atoms with Crippen molar-refractivity contribution in [3.05, 3.63) is 35.4 Å². The summed E-state index contributed by atoms with van der Waals surface area (Å²) in [6, 6.07) is 7.97. The van der Waals surface area contributed by atoms with Gasteiger partial charge in [-0.05, 0) is 35.8 Å². The van der Waals surface area contributed by atoms with Gasteiger partial charge in [0, 0.05) is 6.04 Å². The summed E-state index contributed by atoms with van der Waals surface area (Å²) in [4.78, 5) is 12.4. The van der Waals surface area contributed by atoms with Gasteiger partial charge < -0.3 is 16.2 Å². The minimum absolute atomic E-state index is 0.0567. The molecule has 4 atom stereocenters. The van der Waals surface area contributed by atoms with Gasteiger partial charge in [0.2, 0.25) is 5.91 Å². The van der Waals surface area contributed by atoms with Crippen LogP contribution in [0.5, 0.6) is 0 Å². The number of carbonyl (C=O) groups excluding carboxylic acids is 1. The van der Waals surface area contributed by atoms with Crippen LogP contribution in [0.3, 0.4) is 0 Å². The highest BCUT2D eigenvalue weighted by molar-refractivity contribution is 5.88. The first kappa shape index (κ1) is 14.5. The number of benzene rings is 1. The van der Waals surface area contributed by atoms with E-state index in [1.54, 1.807) is 0 Å². The maximum Gasteiger partial charge on any atom is 0.227 e. The van der Waals surface area contributed by atoms with Gasteiger partial charge in [0.15, 0.2) is 0 Å². The second-order valence-electron chi connectivity index (χ2n) is 6.86. The average Bonchev–Trinajstić information content (AvgIpc) is 3.11. The van der Waals surface area contributed by atoms with Crippen molar-refractivity contribution < 1.29 is 9.90 Å². The smallest absolute Gasteiger partial charge is 0.227 e. The molecule has 3 rings (SSSR count). The Hall–Kier alpha value is -1.39. The van der Waals surface area contributed by atoms with E-state index in [9.17, 15) is 9.90 Å². The fraction of sp³-hybridized carbons (Fsp3) is 0.588. The lowest BCUT2D eigenvalue weighted by atomic mass is 9.79. The molecule has 0 aliphatic heterocycles. The molecule has 2 aliphatic rings. The van der Waals surface area contributed by atoms with Gasteiger partial charge in [-0.3, -0.25) is 4.79 Å². The number of nitrogens with one attached hydrogen (secondary N) is 1. The molecule has 1 amide bonds. The number of amides is 1. The first-order valence-electron chi connectivity index (χ1n) is 7.75. The van der Waals surface area contributed by atoms with Gasteiger partial charge in [0.1, 0.15) is 0 Å². The minimum Gasteiger partial charge on any atom is -0.394 e. The molecule has 2 saturated carbocycles. The van der Waals surface area contributed by atoms with Crippen molar-refractivity contribution in [3.63, 3.8) is 0 Å². The summed E-state index contributed by atoms with van der Waals surface area (Å²) in [7, 11) is 0. The van der Waals surface area contributed by atoms with Crippen molar-refractivity contribution in [3.8, 4) is 0 Å². The lowest BCUT2D eigenvalue weighted by molar-refractivity contribution is -0.130. The molecular formula is C17H24N2O2. The largest absolute Gasteiger partial charge is 0.394 e. The van der Waals surface area contributed by atoms with Gasteiger partial charge in [-0.2, -0.15) is 0 Å². The molecule has 0 radical (unpaired) electrons. The van der Waals surface area contributed by atoms with Crippen LogP contribution in [-0.4, -0.2) is 23.7 Å². The van der Waals surface area contributed by atoms with Crippen LogP contribution in [0, 0.1) is 11.3 Å². The molecule has 0 spiro atoms. The van der Waals surface area contributed by atoms with Crippen molar-refractivity contribution in [2.24, 2.45) is 17.1 Å². The maximum atomic E-state index is 12.4. The highest BCUT2D eigenvalue weighted by atomic mass is 16.3. The third kappa shape index (κ3) is 2.36. The zero-order chi connectivity index (χ0) is 15.2. The Labute approximate surface area is 125 Å². The van der Waals surface area contributed by atoms with Crippen molar-refractivity contribution >= 4 is 5.91 Å². The Morgan fingerprint density at radius 1 is 1.33 bits per heavy atom. The number of carbonyl (C=O) groups is 1. The monoisotopic (exact) mass is 288 g/mol. The summed E-state index contributed by atoms with van der Waals surface area (Å²) in [6.07, 6.45) is 1.69. The lowest BCUT2D eigenvalue weighted by Crippen LogP contribution is -2.48. The summed E-state index contributed by atoms with van der Waals surface area (Å²) in [6.45, 7) is 4.21. The number of nitrogens with two attached hydrogens (primary N) is 1. The first-order chi connectivity index (χ1) is 9.98.